The third kappa shape index (κ3) is 7.45. The summed E-state index contributed by atoms with van der Waals surface area (Å²) in [4.78, 5) is 41.9. The number of rotatable bonds is 4. The topological polar surface area (TPSA) is 158 Å². The second-order valence-corrected chi connectivity index (χ2v) is 8.99. The van der Waals surface area contributed by atoms with Crippen molar-refractivity contribution >= 4 is 51.4 Å². The Morgan fingerprint density at radius 1 is 1.32 bits per heavy atom. The SMILES string of the molecule is CC(=O)NC[C@H]1CN(c2ccc(N3CCNN(C(=O)/N=C(/N)SC(=[NH2+])C(F)(F)F)CC3)c(F)c2)C(=O)O1. The molecule has 0 spiro atoms. The minimum absolute atomic E-state index is 0.0171. The predicted molar refractivity (Wildman–Crippen MR) is 127 cm³/mol. The number of hydrogen-bond acceptors (Lipinski definition) is 7. The molecule has 0 unspecified atom stereocenters. The van der Waals surface area contributed by atoms with E-state index in [9.17, 15) is 27.6 Å². The van der Waals surface area contributed by atoms with Gasteiger partial charge in [0.25, 0.3) is 0 Å². The summed E-state index contributed by atoms with van der Waals surface area (Å²) >= 11 is -0.0742. The number of anilines is 2. The average molecular weight is 550 g/mol. The first kappa shape index (κ1) is 28.0. The Bertz CT molecular complexity index is 1100. The zero-order valence-corrected chi connectivity index (χ0v) is 20.4. The Labute approximate surface area is 212 Å². The van der Waals surface area contributed by atoms with Crippen LogP contribution in [0.25, 0.3) is 0 Å². The first-order valence-electron chi connectivity index (χ1n) is 10.9. The summed E-state index contributed by atoms with van der Waals surface area (Å²) < 4.78 is 57.8. The molecule has 4 amide bonds. The number of benzene rings is 1. The molecule has 1 atom stereocenters. The molecular weight excluding hydrogens is 524 g/mol. The van der Waals surface area contributed by atoms with Gasteiger partial charge in [-0.2, -0.15) is 18.2 Å². The number of nitrogens with two attached hydrogens (primary N) is 2. The molecule has 2 fully saturated rings. The molecule has 2 heterocycles. The van der Waals surface area contributed by atoms with Crippen molar-refractivity contribution in [2.45, 2.75) is 19.2 Å². The number of amidine groups is 1. The molecule has 3 rings (SSSR count). The van der Waals surface area contributed by atoms with Crippen molar-refractivity contribution < 1.29 is 42.1 Å². The largest absolute Gasteiger partial charge is 0.484 e. The van der Waals surface area contributed by atoms with Crippen molar-refractivity contribution in [3.05, 3.63) is 24.0 Å². The highest BCUT2D eigenvalue weighted by molar-refractivity contribution is 8.26. The fourth-order valence-electron chi connectivity index (χ4n) is 3.50. The summed E-state index contributed by atoms with van der Waals surface area (Å²) in [5, 5.41) is 6.36. The number of amides is 4. The number of halogens is 4. The molecule has 2 saturated heterocycles. The highest BCUT2D eigenvalue weighted by Gasteiger charge is 2.41. The highest BCUT2D eigenvalue weighted by atomic mass is 32.2. The van der Waals surface area contributed by atoms with E-state index in [2.05, 4.69) is 15.7 Å². The molecule has 0 radical (unpaired) electrons. The van der Waals surface area contributed by atoms with Crippen LogP contribution in [-0.2, 0) is 9.53 Å². The lowest BCUT2D eigenvalue weighted by atomic mass is 10.2. The minimum Gasteiger partial charge on any atom is -0.442 e. The van der Waals surface area contributed by atoms with E-state index >= 15 is 4.39 Å². The number of hydrogen-bond donors (Lipinski definition) is 4. The smallest absolute Gasteiger partial charge is 0.442 e. The summed E-state index contributed by atoms with van der Waals surface area (Å²) in [7, 11) is 0. The summed E-state index contributed by atoms with van der Waals surface area (Å²) in [6, 6.07) is 3.28. The van der Waals surface area contributed by atoms with Crippen LogP contribution in [0.15, 0.2) is 23.2 Å². The lowest BCUT2D eigenvalue weighted by Crippen LogP contribution is -2.48. The fourth-order valence-corrected chi connectivity index (χ4v) is 3.96. The molecule has 0 saturated carbocycles. The maximum atomic E-state index is 15.0. The van der Waals surface area contributed by atoms with Crippen LogP contribution in [0.3, 0.4) is 0 Å². The maximum Gasteiger partial charge on any atom is 0.484 e. The van der Waals surface area contributed by atoms with Crippen molar-refractivity contribution in [1.82, 2.24) is 15.8 Å². The molecule has 17 heteroatoms. The highest BCUT2D eigenvalue weighted by Crippen LogP contribution is 2.28. The summed E-state index contributed by atoms with van der Waals surface area (Å²) in [5.74, 6) is -0.886. The molecule has 6 N–H and O–H groups in total. The number of ether oxygens (including phenoxy) is 1. The molecule has 202 valence electrons. The van der Waals surface area contributed by atoms with Gasteiger partial charge in [0.2, 0.25) is 5.91 Å². The van der Waals surface area contributed by atoms with Crippen LogP contribution < -0.4 is 31.7 Å². The van der Waals surface area contributed by atoms with Crippen LogP contribution >= 0.6 is 11.8 Å². The number of nitrogens with zero attached hydrogens (tertiary/aromatic N) is 4. The minimum atomic E-state index is -4.79. The Kier molecular flexibility index (Phi) is 8.80. The standard InChI is InChI=1S/C20H24F4N8O4S/c1-11(33)27-9-13-10-31(19(35)36-13)12-2-3-15(14(21)8-12)30-5-4-28-32(7-6-30)18(34)29-17(26)37-16(25)20(22,23)24/h2-3,8,13,25,28H,4-7,9-10H2,1H3,(H,27,33)(H2,26,29,34)/p+1/t13-/m0/s1. The van der Waals surface area contributed by atoms with E-state index in [-0.39, 0.29) is 68.3 Å². The van der Waals surface area contributed by atoms with Gasteiger partial charge in [-0.1, -0.05) is 0 Å². The van der Waals surface area contributed by atoms with Gasteiger partial charge in [0, 0.05) is 38.3 Å². The second kappa shape index (κ2) is 11.6. The number of nitrogens with one attached hydrogen (secondary N) is 2. The summed E-state index contributed by atoms with van der Waals surface area (Å²) in [5.41, 5.74) is 8.65. The molecule has 12 nitrogen and oxygen atoms in total. The van der Waals surface area contributed by atoms with Crippen molar-refractivity contribution in [3.63, 3.8) is 0 Å². The normalized spacial score (nSPS) is 18.9. The molecule has 1 aromatic rings. The van der Waals surface area contributed by atoms with Gasteiger partial charge in [-0.3, -0.25) is 14.7 Å². The zero-order chi connectivity index (χ0) is 27.3. The van der Waals surface area contributed by atoms with Gasteiger partial charge in [0.15, 0.2) is 5.17 Å². The van der Waals surface area contributed by atoms with Crippen LogP contribution in [0.5, 0.6) is 0 Å². The predicted octanol–water partition coefficient (Wildman–Crippen LogP) is -0.199. The molecule has 0 aliphatic carbocycles. The molecule has 0 bridgehead atoms. The van der Waals surface area contributed by atoms with Gasteiger partial charge in [-0.25, -0.2) is 24.8 Å². The lowest BCUT2D eigenvalue weighted by molar-refractivity contribution is -0.160. The van der Waals surface area contributed by atoms with Crippen molar-refractivity contribution in [2.24, 2.45) is 10.7 Å². The Hall–Kier alpha value is -3.60. The van der Waals surface area contributed by atoms with E-state index in [4.69, 9.17) is 15.9 Å². The van der Waals surface area contributed by atoms with Crippen LogP contribution in [0, 0.1) is 5.82 Å². The quantitative estimate of drug-likeness (QED) is 0.229. The number of alkyl halides is 3. The van der Waals surface area contributed by atoms with E-state index in [0.717, 1.165) is 5.01 Å². The van der Waals surface area contributed by atoms with Gasteiger partial charge in [-0.15, -0.1) is 0 Å². The molecular formula is C20H25F4N8O4S+. The van der Waals surface area contributed by atoms with Gasteiger partial charge in [0.1, 0.15) is 11.9 Å². The Morgan fingerprint density at radius 2 is 2.05 bits per heavy atom. The first-order chi connectivity index (χ1) is 17.3. The molecule has 0 aromatic heterocycles. The molecule has 2 aliphatic rings. The second-order valence-electron chi connectivity index (χ2n) is 7.93. The van der Waals surface area contributed by atoms with Crippen LogP contribution in [0.4, 0.5) is 38.5 Å². The van der Waals surface area contributed by atoms with E-state index in [1.165, 1.54) is 24.0 Å². The number of hydrazine groups is 1. The first-order valence-corrected chi connectivity index (χ1v) is 11.7. The molecule has 1 aromatic carbocycles. The monoisotopic (exact) mass is 549 g/mol. The van der Waals surface area contributed by atoms with Crippen LogP contribution in [-0.4, -0.2) is 84.8 Å². The van der Waals surface area contributed by atoms with Gasteiger partial charge >= 0.3 is 23.3 Å². The number of aliphatic imine (C=N–C) groups is 1. The van der Waals surface area contributed by atoms with Crippen molar-refractivity contribution in [3.8, 4) is 0 Å². The van der Waals surface area contributed by atoms with E-state index in [1.807, 2.05) is 0 Å². The average Bonchev–Trinajstić information content (AvgIpc) is 3.00. The van der Waals surface area contributed by atoms with E-state index in [0.29, 0.717) is 0 Å². The third-order valence-electron chi connectivity index (χ3n) is 5.24. The Morgan fingerprint density at radius 3 is 2.70 bits per heavy atom. The van der Waals surface area contributed by atoms with Gasteiger partial charge in [0.05, 0.1) is 31.0 Å². The number of cyclic esters (lactones) is 1. The summed E-state index contributed by atoms with van der Waals surface area (Å²) in [6.07, 6.45) is -6.03. The van der Waals surface area contributed by atoms with Crippen molar-refractivity contribution in [2.75, 3.05) is 49.1 Å². The van der Waals surface area contributed by atoms with E-state index in [1.54, 1.807) is 11.0 Å². The Balaban J connectivity index is 1.61. The van der Waals surface area contributed by atoms with E-state index < -0.39 is 40.4 Å². The maximum absolute atomic E-state index is 15.0. The summed E-state index contributed by atoms with van der Waals surface area (Å²) in [6.45, 7) is 2.27. The van der Waals surface area contributed by atoms with Crippen molar-refractivity contribution in [1.29, 1.82) is 0 Å². The van der Waals surface area contributed by atoms with Crippen LogP contribution in [0.1, 0.15) is 6.92 Å². The molecule has 2 aliphatic heterocycles. The fraction of sp³-hybridized carbons (Fsp3) is 0.450. The van der Waals surface area contributed by atoms with Gasteiger partial charge < -0.3 is 20.7 Å². The molecule has 37 heavy (non-hydrogen) atoms. The lowest BCUT2D eigenvalue weighted by Gasteiger charge is -2.24. The number of urea groups is 1. The van der Waals surface area contributed by atoms with Crippen LogP contribution in [0.2, 0.25) is 0 Å². The third-order valence-corrected chi connectivity index (χ3v) is 6.00. The number of thioether (sulfide) groups is 1. The zero-order valence-electron chi connectivity index (χ0n) is 19.5. The van der Waals surface area contributed by atoms with Gasteiger partial charge in [-0.05, 0) is 18.2 Å². The number of carbonyl (C=O) groups is 3. The number of carbonyl (C=O) groups excluding carboxylic acids is 3.